The summed E-state index contributed by atoms with van der Waals surface area (Å²) in [6.45, 7) is 2.30. The first-order chi connectivity index (χ1) is 15.3. The summed E-state index contributed by atoms with van der Waals surface area (Å²) in [4.78, 5) is 43.4. The number of carbonyl (C=O) groups excluding carboxylic acids is 1. The quantitative estimate of drug-likeness (QED) is 0.579. The second-order valence-electron chi connectivity index (χ2n) is 7.64. The first-order valence-electron chi connectivity index (χ1n) is 10.1. The van der Waals surface area contributed by atoms with Gasteiger partial charge in [-0.15, -0.1) is 0 Å². The van der Waals surface area contributed by atoms with Gasteiger partial charge < -0.3 is 9.80 Å². The molecule has 3 aromatic rings. The number of aromatic nitrogens is 3. The number of hydrogen-bond acceptors (Lipinski definition) is 5. The maximum atomic E-state index is 13.2. The Morgan fingerprint density at radius 1 is 0.969 bits per heavy atom. The number of rotatable bonds is 4. The largest absolute Gasteiger partial charge is 0.352 e. The molecule has 1 aromatic heterocycles. The lowest BCUT2D eigenvalue weighted by atomic mass is 10.2. The molecule has 32 heavy (non-hydrogen) atoms. The van der Waals surface area contributed by atoms with E-state index in [4.69, 9.17) is 23.2 Å². The van der Waals surface area contributed by atoms with Crippen LogP contribution < -0.4 is 11.2 Å². The molecule has 1 aliphatic heterocycles. The van der Waals surface area contributed by atoms with Crippen LogP contribution in [-0.2, 0) is 6.54 Å². The van der Waals surface area contributed by atoms with Gasteiger partial charge in [-0.2, -0.15) is 9.78 Å². The van der Waals surface area contributed by atoms with Gasteiger partial charge in [0.2, 0.25) is 5.69 Å². The fourth-order valence-corrected chi connectivity index (χ4v) is 3.85. The molecule has 0 aliphatic carbocycles. The molecule has 0 bridgehead atoms. The number of carbonyl (C=O) groups is 1. The monoisotopic (exact) mass is 473 g/mol. The van der Waals surface area contributed by atoms with Crippen LogP contribution in [0.15, 0.2) is 58.1 Å². The summed E-state index contributed by atoms with van der Waals surface area (Å²) in [5, 5.41) is 5.15. The van der Waals surface area contributed by atoms with Crippen LogP contribution in [0.4, 0.5) is 0 Å². The predicted molar refractivity (Wildman–Crippen MR) is 123 cm³/mol. The van der Waals surface area contributed by atoms with Crippen molar-refractivity contribution < 1.29 is 4.79 Å². The van der Waals surface area contributed by atoms with Crippen molar-refractivity contribution >= 4 is 29.1 Å². The third kappa shape index (κ3) is 4.62. The molecule has 166 valence electrons. The summed E-state index contributed by atoms with van der Waals surface area (Å²) >= 11 is 12.0. The summed E-state index contributed by atoms with van der Waals surface area (Å²) < 4.78 is 2.07. The van der Waals surface area contributed by atoms with Gasteiger partial charge in [-0.05, 0) is 49.0 Å². The van der Waals surface area contributed by atoms with E-state index in [1.54, 1.807) is 53.4 Å². The van der Waals surface area contributed by atoms with E-state index in [0.717, 1.165) is 9.25 Å². The van der Waals surface area contributed by atoms with Crippen LogP contribution in [0, 0.1) is 0 Å². The van der Waals surface area contributed by atoms with Crippen LogP contribution in [0.1, 0.15) is 16.1 Å². The Bertz CT molecular complexity index is 1260. The summed E-state index contributed by atoms with van der Waals surface area (Å²) in [6.07, 6.45) is 0. The molecule has 0 spiro atoms. The Balaban J connectivity index is 1.84. The molecule has 0 radical (unpaired) electrons. The van der Waals surface area contributed by atoms with E-state index in [9.17, 15) is 14.4 Å². The van der Waals surface area contributed by atoms with E-state index in [2.05, 4.69) is 10.00 Å². The minimum Gasteiger partial charge on any atom is -0.335 e. The number of halogens is 2. The molecule has 1 fully saturated rings. The Morgan fingerprint density at radius 2 is 1.66 bits per heavy atom. The molecule has 1 saturated heterocycles. The van der Waals surface area contributed by atoms with E-state index in [0.29, 0.717) is 47.5 Å². The van der Waals surface area contributed by atoms with E-state index in [1.807, 2.05) is 7.05 Å². The minimum absolute atomic E-state index is 0.0443. The molecule has 1 amide bonds. The zero-order valence-electron chi connectivity index (χ0n) is 17.4. The van der Waals surface area contributed by atoms with Crippen molar-refractivity contribution in [3.63, 3.8) is 0 Å². The van der Waals surface area contributed by atoms with Gasteiger partial charge in [0, 0.05) is 36.2 Å². The fraction of sp³-hybridized carbons (Fsp3) is 0.273. The average Bonchev–Trinajstić information content (AvgIpc) is 2.78. The molecule has 0 N–H and O–H groups in total. The van der Waals surface area contributed by atoms with Crippen LogP contribution in [0.2, 0.25) is 10.0 Å². The van der Waals surface area contributed by atoms with Crippen LogP contribution >= 0.6 is 23.2 Å². The lowest BCUT2D eigenvalue weighted by Crippen LogP contribution is -2.51. The van der Waals surface area contributed by atoms with E-state index in [1.165, 1.54) is 0 Å². The lowest BCUT2D eigenvalue weighted by molar-refractivity contribution is 0.0652. The first kappa shape index (κ1) is 22.3. The summed E-state index contributed by atoms with van der Waals surface area (Å²) in [7, 11) is 1.97. The van der Waals surface area contributed by atoms with Gasteiger partial charge in [0.1, 0.15) is 0 Å². The minimum atomic E-state index is -0.732. The van der Waals surface area contributed by atoms with Gasteiger partial charge in [-0.25, -0.2) is 4.79 Å². The molecule has 0 atom stereocenters. The Hall–Kier alpha value is -2.94. The first-order valence-corrected chi connectivity index (χ1v) is 10.8. The molecule has 4 rings (SSSR count). The standard InChI is InChI=1S/C22H21Cl2N5O3/c1-26-9-11-27(12-10-26)20(30)19-21(31)28(14-15-3-2-4-17(24)13-15)22(32)29(25-19)18-7-5-16(23)6-8-18/h2-8,13H,9-12,14H2,1H3. The van der Waals surface area contributed by atoms with Crippen molar-refractivity contribution in [1.29, 1.82) is 0 Å². The maximum absolute atomic E-state index is 13.2. The van der Waals surface area contributed by atoms with Crippen LogP contribution in [-0.4, -0.2) is 63.3 Å². The van der Waals surface area contributed by atoms with Crippen LogP contribution in [0.3, 0.4) is 0 Å². The van der Waals surface area contributed by atoms with Crippen LogP contribution in [0.25, 0.3) is 5.69 Å². The maximum Gasteiger partial charge on any atom is 0.352 e. The van der Waals surface area contributed by atoms with Gasteiger partial charge in [-0.1, -0.05) is 35.3 Å². The third-order valence-electron chi connectivity index (χ3n) is 5.35. The van der Waals surface area contributed by atoms with Gasteiger partial charge in [-0.3, -0.25) is 14.2 Å². The average molecular weight is 474 g/mol. The summed E-state index contributed by atoms with van der Waals surface area (Å²) in [6, 6.07) is 13.3. The van der Waals surface area contributed by atoms with Crippen molar-refractivity contribution in [3.05, 3.63) is 90.7 Å². The number of piperazine rings is 1. The van der Waals surface area contributed by atoms with E-state index in [-0.39, 0.29) is 12.2 Å². The number of nitrogens with zero attached hydrogens (tertiary/aromatic N) is 5. The number of amides is 1. The SMILES string of the molecule is CN1CCN(C(=O)c2nn(-c3ccc(Cl)cc3)c(=O)n(Cc3cccc(Cl)c3)c2=O)CC1. The predicted octanol–water partition coefficient (Wildman–Crippen LogP) is 2.14. The smallest absolute Gasteiger partial charge is 0.335 e. The Kier molecular flexibility index (Phi) is 6.45. The van der Waals surface area contributed by atoms with Crippen molar-refractivity contribution in [2.24, 2.45) is 0 Å². The Morgan fingerprint density at radius 3 is 2.31 bits per heavy atom. The van der Waals surface area contributed by atoms with E-state index >= 15 is 0 Å². The van der Waals surface area contributed by atoms with E-state index < -0.39 is 17.2 Å². The van der Waals surface area contributed by atoms with Gasteiger partial charge in [0.05, 0.1) is 12.2 Å². The van der Waals surface area contributed by atoms with Gasteiger partial charge >= 0.3 is 5.69 Å². The highest BCUT2D eigenvalue weighted by molar-refractivity contribution is 6.30. The molecule has 2 heterocycles. The second kappa shape index (κ2) is 9.28. The molecular weight excluding hydrogens is 453 g/mol. The number of hydrogen-bond donors (Lipinski definition) is 0. The zero-order chi connectivity index (χ0) is 22.8. The van der Waals surface area contributed by atoms with Crippen molar-refractivity contribution in [2.45, 2.75) is 6.54 Å². The highest BCUT2D eigenvalue weighted by Crippen LogP contribution is 2.13. The van der Waals surface area contributed by atoms with Gasteiger partial charge in [0.15, 0.2) is 0 Å². The van der Waals surface area contributed by atoms with Crippen molar-refractivity contribution in [1.82, 2.24) is 24.1 Å². The summed E-state index contributed by atoms with van der Waals surface area (Å²) in [5.41, 5.74) is -0.641. The number of benzene rings is 2. The van der Waals surface area contributed by atoms with Crippen molar-refractivity contribution in [2.75, 3.05) is 33.2 Å². The molecule has 10 heteroatoms. The molecular formula is C22H21Cl2N5O3. The lowest BCUT2D eigenvalue weighted by Gasteiger charge is -2.32. The van der Waals surface area contributed by atoms with Crippen LogP contribution in [0.5, 0.6) is 0 Å². The van der Waals surface area contributed by atoms with Gasteiger partial charge in [0.25, 0.3) is 11.5 Å². The highest BCUT2D eigenvalue weighted by Gasteiger charge is 2.27. The molecule has 1 aliphatic rings. The third-order valence-corrected chi connectivity index (χ3v) is 5.84. The molecule has 2 aromatic carbocycles. The molecule has 8 nitrogen and oxygen atoms in total. The Labute approximate surface area is 194 Å². The molecule has 0 saturated carbocycles. The normalized spacial score (nSPS) is 14.5. The van der Waals surface area contributed by atoms with Crippen molar-refractivity contribution in [3.8, 4) is 5.69 Å². The second-order valence-corrected chi connectivity index (χ2v) is 8.51. The molecule has 0 unspecified atom stereocenters. The zero-order valence-corrected chi connectivity index (χ0v) is 18.9. The fourth-order valence-electron chi connectivity index (χ4n) is 3.52. The highest BCUT2D eigenvalue weighted by atomic mass is 35.5. The summed E-state index contributed by atoms with van der Waals surface area (Å²) in [5.74, 6) is -0.495. The topological polar surface area (TPSA) is 80.4 Å². The number of likely N-dealkylation sites (N-methyl/N-ethyl adjacent to an activating group) is 1.